The number of hydrogen-bond acceptors (Lipinski definition) is 4. The Bertz CT molecular complexity index is 592. The molecule has 0 atom stereocenters. The predicted molar refractivity (Wildman–Crippen MR) is 78.8 cm³/mol. The van der Waals surface area contributed by atoms with Crippen LogP contribution in [0.4, 0.5) is 0 Å². The van der Waals surface area contributed by atoms with Crippen LogP contribution in [0.15, 0.2) is 27.2 Å². The minimum atomic E-state index is -0.120. The van der Waals surface area contributed by atoms with Gasteiger partial charge in [0.1, 0.15) is 11.5 Å². The lowest BCUT2D eigenvalue weighted by Crippen LogP contribution is -2.22. The van der Waals surface area contributed by atoms with E-state index in [1.165, 1.54) is 0 Å². The lowest BCUT2D eigenvalue weighted by molar-refractivity contribution is -0.121. The SMILES string of the molecule is Cc1nc(C(C)(C)C)oc1CCC(=O)NCc1ccco1. The van der Waals surface area contributed by atoms with Gasteiger partial charge in [-0.1, -0.05) is 20.8 Å². The average molecular weight is 290 g/mol. The first-order valence-corrected chi connectivity index (χ1v) is 7.12. The van der Waals surface area contributed by atoms with Gasteiger partial charge in [-0.2, -0.15) is 0 Å². The molecule has 0 fully saturated rings. The van der Waals surface area contributed by atoms with E-state index in [1.54, 1.807) is 12.3 Å². The molecule has 1 N–H and O–H groups in total. The van der Waals surface area contributed by atoms with Gasteiger partial charge in [0.2, 0.25) is 5.91 Å². The van der Waals surface area contributed by atoms with Crippen LogP contribution in [0.2, 0.25) is 0 Å². The normalized spacial score (nSPS) is 11.6. The average Bonchev–Trinajstić information content (AvgIpc) is 3.02. The molecule has 2 aromatic heterocycles. The Balaban J connectivity index is 1.85. The summed E-state index contributed by atoms with van der Waals surface area (Å²) < 4.78 is 10.9. The number of rotatable bonds is 5. The molecule has 0 aliphatic heterocycles. The summed E-state index contributed by atoms with van der Waals surface area (Å²) >= 11 is 0. The standard InChI is InChI=1S/C16H22N2O3/c1-11-13(21-15(18-11)16(2,3)4)7-8-14(19)17-10-12-6-5-9-20-12/h5-6,9H,7-8,10H2,1-4H3,(H,17,19). The van der Waals surface area contributed by atoms with Gasteiger partial charge in [0, 0.05) is 18.3 Å². The molecule has 0 aliphatic carbocycles. The Hall–Kier alpha value is -2.04. The fraction of sp³-hybridized carbons (Fsp3) is 0.500. The maximum absolute atomic E-state index is 11.8. The van der Waals surface area contributed by atoms with Crippen LogP contribution in [0.3, 0.4) is 0 Å². The van der Waals surface area contributed by atoms with Crippen molar-refractivity contribution in [1.29, 1.82) is 0 Å². The fourth-order valence-corrected chi connectivity index (χ4v) is 1.90. The first-order valence-electron chi connectivity index (χ1n) is 7.12. The van der Waals surface area contributed by atoms with Gasteiger partial charge in [0.25, 0.3) is 0 Å². The Morgan fingerprint density at radius 2 is 2.14 bits per heavy atom. The van der Waals surface area contributed by atoms with Crippen LogP contribution < -0.4 is 5.32 Å². The van der Waals surface area contributed by atoms with E-state index in [2.05, 4.69) is 31.1 Å². The third-order valence-electron chi connectivity index (χ3n) is 3.15. The zero-order chi connectivity index (χ0) is 15.5. The van der Waals surface area contributed by atoms with Gasteiger partial charge in [-0.15, -0.1) is 0 Å². The number of oxazole rings is 1. The quantitative estimate of drug-likeness (QED) is 0.918. The summed E-state index contributed by atoms with van der Waals surface area (Å²) in [6.07, 6.45) is 2.52. The third kappa shape index (κ3) is 4.21. The monoisotopic (exact) mass is 290 g/mol. The van der Waals surface area contributed by atoms with E-state index in [4.69, 9.17) is 8.83 Å². The lowest BCUT2D eigenvalue weighted by Gasteiger charge is -2.12. The molecule has 5 heteroatoms. The van der Waals surface area contributed by atoms with Crippen molar-refractivity contribution in [2.24, 2.45) is 0 Å². The number of aryl methyl sites for hydroxylation is 2. The van der Waals surface area contributed by atoms with E-state index in [1.807, 2.05) is 13.0 Å². The fourth-order valence-electron chi connectivity index (χ4n) is 1.90. The van der Waals surface area contributed by atoms with Crippen LogP contribution >= 0.6 is 0 Å². The van der Waals surface area contributed by atoms with E-state index >= 15 is 0 Å². The Labute approximate surface area is 124 Å². The van der Waals surface area contributed by atoms with Crippen LogP contribution in [0.5, 0.6) is 0 Å². The zero-order valence-electron chi connectivity index (χ0n) is 13.0. The van der Waals surface area contributed by atoms with Crippen LogP contribution in [0.1, 0.15) is 50.3 Å². The first-order chi connectivity index (χ1) is 9.86. The summed E-state index contributed by atoms with van der Waals surface area (Å²) in [5.74, 6) is 2.22. The van der Waals surface area contributed by atoms with Gasteiger partial charge in [-0.3, -0.25) is 4.79 Å². The Morgan fingerprint density at radius 3 is 2.71 bits per heavy atom. The van der Waals surface area contributed by atoms with Crippen molar-refractivity contribution < 1.29 is 13.6 Å². The van der Waals surface area contributed by atoms with Crippen molar-refractivity contribution in [2.75, 3.05) is 0 Å². The van der Waals surface area contributed by atoms with Gasteiger partial charge in [0.05, 0.1) is 18.5 Å². The smallest absolute Gasteiger partial charge is 0.220 e. The molecule has 0 aliphatic rings. The molecule has 0 unspecified atom stereocenters. The maximum Gasteiger partial charge on any atom is 0.220 e. The molecule has 0 aromatic carbocycles. The molecular weight excluding hydrogens is 268 g/mol. The van der Waals surface area contributed by atoms with Crippen molar-refractivity contribution in [3.05, 3.63) is 41.5 Å². The maximum atomic E-state index is 11.8. The van der Waals surface area contributed by atoms with E-state index in [0.29, 0.717) is 25.3 Å². The van der Waals surface area contributed by atoms with Gasteiger partial charge in [0.15, 0.2) is 5.89 Å². The minimum absolute atomic E-state index is 0.0282. The zero-order valence-corrected chi connectivity index (χ0v) is 13.0. The molecule has 1 amide bonds. The van der Waals surface area contributed by atoms with Crippen LogP contribution in [-0.4, -0.2) is 10.9 Å². The number of hydrogen-bond donors (Lipinski definition) is 1. The topological polar surface area (TPSA) is 68.3 Å². The van der Waals surface area contributed by atoms with Crippen molar-refractivity contribution in [3.8, 4) is 0 Å². The summed E-state index contributed by atoms with van der Waals surface area (Å²) in [5.41, 5.74) is 0.739. The molecule has 0 radical (unpaired) electrons. The highest BCUT2D eigenvalue weighted by Crippen LogP contribution is 2.24. The molecular formula is C16H22N2O3. The summed E-state index contributed by atoms with van der Waals surface area (Å²) in [4.78, 5) is 16.2. The van der Waals surface area contributed by atoms with Crippen LogP contribution in [0.25, 0.3) is 0 Å². The Morgan fingerprint density at radius 1 is 1.38 bits per heavy atom. The molecule has 2 heterocycles. The number of carbonyl (C=O) groups is 1. The minimum Gasteiger partial charge on any atom is -0.467 e. The highest BCUT2D eigenvalue weighted by atomic mass is 16.4. The van der Waals surface area contributed by atoms with Gasteiger partial charge in [-0.25, -0.2) is 4.98 Å². The van der Waals surface area contributed by atoms with E-state index in [0.717, 1.165) is 17.2 Å². The number of nitrogens with one attached hydrogen (secondary N) is 1. The largest absolute Gasteiger partial charge is 0.467 e. The van der Waals surface area contributed by atoms with Crippen molar-refractivity contribution in [2.45, 2.75) is 52.5 Å². The van der Waals surface area contributed by atoms with Crippen molar-refractivity contribution in [3.63, 3.8) is 0 Å². The second-order valence-corrected chi connectivity index (χ2v) is 6.13. The van der Waals surface area contributed by atoms with Crippen LogP contribution in [0, 0.1) is 6.92 Å². The summed E-state index contributed by atoms with van der Waals surface area (Å²) in [5, 5.41) is 2.82. The molecule has 2 aromatic rings. The van der Waals surface area contributed by atoms with E-state index in [-0.39, 0.29) is 11.3 Å². The second kappa shape index (κ2) is 6.16. The van der Waals surface area contributed by atoms with E-state index in [9.17, 15) is 4.79 Å². The predicted octanol–water partition coefficient (Wildman–Crippen LogP) is 3.12. The first kappa shape index (κ1) is 15.4. The van der Waals surface area contributed by atoms with Crippen LogP contribution in [-0.2, 0) is 23.2 Å². The molecule has 5 nitrogen and oxygen atoms in total. The summed E-state index contributed by atoms with van der Waals surface area (Å²) in [7, 11) is 0. The highest BCUT2D eigenvalue weighted by molar-refractivity contribution is 5.76. The summed E-state index contributed by atoms with van der Waals surface area (Å²) in [6, 6.07) is 3.63. The lowest BCUT2D eigenvalue weighted by atomic mass is 9.97. The molecule has 0 spiro atoms. The molecule has 0 saturated carbocycles. The number of amides is 1. The molecule has 2 rings (SSSR count). The molecule has 114 valence electrons. The Kier molecular flexibility index (Phi) is 4.50. The highest BCUT2D eigenvalue weighted by Gasteiger charge is 2.22. The number of carbonyl (C=O) groups excluding carboxylic acids is 1. The van der Waals surface area contributed by atoms with E-state index < -0.39 is 0 Å². The molecule has 21 heavy (non-hydrogen) atoms. The third-order valence-corrected chi connectivity index (χ3v) is 3.15. The summed E-state index contributed by atoms with van der Waals surface area (Å²) in [6.45, 7) is 8.48. The number of nitrogens with zero attached hydrogens (tertiary/aromatic N) is 1. The van der Waals surface area contributed by atoms with Gasteiger partial charge >= 0.3 is 0 Å². The number of aromatic nitrogens is 1. The van der Waals surface area contributed by atoms with Crippen molar-refractivity contribution >= 4 is 5.91 Å². The van der Waals surface area contributed by atoms with Crippen molar-refractivity contribution in [1.82, 2.24) is 10.3 Å². The second-order valence-electron chi connectivity index (χ2n) is 6.13. The van der Waals surface area contributed by atoms with Gasteiger partial charge < -0.3 is 14.2 Å². The van der Waals surface area contributed by atoms with Gasteiger partial charge in [-0.05, 0) is 19.1 Å². The number of furan rings is 1. The molecule has 0 bridgehead atoms. The molecule has 0 saturated heterocycles.